The summed E-state index contributed by atoms with van der Waals surface area (Å²) in [7, 11) is 0. The van der Waals surface area contributed by atoms with Gasteiger partial charge in [0.2, 0.25) is 0 Å². The van der Waals surface area contributed by atoms with Crippen LogP contribution in [0.5, 0.6) is 0 Å². The molecule has 0 N–H and O–H groups in total. The van der Waals surface area contributed by atoms with E-state index in [-0.39, 0.29) is 0 Å². The van der Waals surface area contributed by atoms with Crippen LogP contribution in [0.15, 0.2) is 30.3 Å². The first-order valence-corrected chi connectivity index (χ1v) is 7.90. The summed E-state index contributed by atoms with van der Waals surface area (Å²) in [5, 5.41) is 13.0. The van der Waals surface area contributed by atoms with Crippen LogP contribution in [0.25, 0.3) is 5.69 Å². The van der Waals surface area contributed by atoms with E-state index in [2.05, 4.69) is 5.10 Å². The van der Waals surface area contributed by atoms with Crippen LogP contribution in [0.1, 0.15) is 56.4 Å². The van der Waals surface area contributed by atoms with Crippen molar-refractivity contribution in [2.24, 2.45) is 0 Å². The first kappa shape index (κ1) is 20.4. The quantitative estimate of drug-likeness (QED) is 0.793. The fourth-order valence-corrected chi connectivity index (χ4v) is 1.72. The molecule has 0 radical (unpaired) electrons. The van der Waals surface area contributed by atoms with E-state index < -0.39 is 5.97 Å². The van der Waals surface area contributed by atoms with Crippen molar-refractivity contribution in [2.75, 3.05) is 6.61 Å². The van der Waals surface area contributed by atoms with Crippen molar-refractivity contribution in [2.45, 2.75) is 41.5 Å². The highest BCUT2D eigenvalue weighted by Crippen LogP contribution is 2.14. The Hall–Kier alpha value is -2.61. The average molecular weight is 315 g/mol. The van der Waals surface area contributed by atoms with Crippen LogP contribution in [0.3, 0.4) is 0 Å². The highest BCUT2D eigenvalue weighted by molar-refractivity contribution is 5.88. The molecule has 2 aromatic rings. The number of carbonyl (C=O) groups is 1. The normalized spacial score (nSPS) is 8.74. The van der Waals surface area contributed by atoms with Gasteiger partial charge in [-0.05, 0) is 44.2 Å². The van der Waals surface area contributed by atoms with E-state index in [1.54, 1.807) is 37.3 Å². The molecule has 1 aromatic heterocycles. The molecule has 5 heteroatoms. The zero-order chi connectivity index (χ0) is 17.8. The minimum atomic E-state index is -0.410. The predicted molar refractivity (Wildman–Crippen MR) is 91.7 cm³/mol. The fourth-order valence-electron chi connectivity index (χ4n) is 1.72. The Morgan fingerprint density at radius 3 is 2.26 bits per heavy atom. The Bertz CT molecular complexity index is 637. The van der Waals surface area contributed by atoms with E-state index in [9.17, 15) is 4.79 Å². The van der Waals surface area contributed by atoms with Gasteiger partial charge in [-0.2, -0.15) is 10.4 Å². The molecule has 0 aliphatic rings. The molecule has 0 unspecified atom stereocenters. The third kappa shape index (κ3) is 5.59. The van der Waals surface area contributed by atoms with Gasteiger partial charge in [-0.25, -0.2) is 9.48 Å². The van der Waals surface area contributed by atoms with Crippen LogP contribution in [0, 0.1) is 18.3 Å². The minimum Gasteiger partial charge on any atom is -0.461 e. The lowest BCUT2D eigenvalue weighted by atomic mass is 10.2. The molecule has 23 heavy (non-hydrogen) atoms. The number of esters is 1. The molecular weight excluding hydrogens is 290 g/mol. The molecule has 0 aliphatic heterocycles. The zero-order valence-corrected chi connectivity index (χ0v) is 14.8. The monoisotopic (exact) mass is 315 g/mol. The second-order valence-corrected chi connectivity index (χ2v) is 3.96. The highest BCUT2D eigenvalue weighted by atomic mass is 16.5. The molecule has 0 saturated heterocycles. The van der Waals surface area contributed by atoms with Crippen LogP contribution in [0.4, 0.5) is 0 Å². The van der Waals surface area contributed by atoms with Crippen LogP contribution in [-0.2, 0) is 4.74 Å². The molecule has 124 valence electrons. The number of hydrogen-bond donors (Lipinski definition) is 0. The maximum atomic E-state index is 11.8. The molecule has 0 bridgehead atoms. The van der Waals surface area contributed by atoms with Gasteiger partial charge in [0.1, 0.15) is 0 Å². The van der Waals surface area contributed by atoms with E-state index in [4.69, 9.17) is 10.00 Å². The minimum absolute atomic E-state index is 0.316. The Balaban J connectivity index is 0.00000112. The number of nitrogens with zero attached hydrogens (tertiary/aromatic N) is 3. The summed E-state index contributed by atoms with van der Waals surface area (Å²) >= 11 is 0. The molecule has 0 atom stereocenters. The van der Waals surface area contributed by atoms with Gasteiger partial charge in [0.25, 0.3) is 0 Å². The third-order valence-electron chi connectivity index (χ3n) is 2.56. The zero-order valence-electron chi connectivity index (χ0n) is 14.8. The summed E-state index contributed by atoms with van der Waals surface area (Å²) in [5.41, 5.74) is 2.39. The van der Waals surface area contributed by atoms with E-state index in [0.717, 1.165) is 11.4 Å². The summed E-state index contributed by atoms with van der Waals surface area (Å²) in [5.74, 6) is -0.410. The highest BCUT2D eigenvalue weighted by Gasteiger charge is 2.16. The Labute approximate surface area is 138 Å². The lowest BCUT2D eigenvalue weighted by Gasteiger charge is -2.06. The third-order valence-corrected chi connectivity index (χ3v) is 2.56. The van der Waals surface area contributed by atoms with E-state index in [1.807, 2.05) is 40.7 Å². The SMILES string of the molecule is CC.CC.CCOC(=O)c1cc(C)nn1-c1ccc(C#N)cc1. The van der Waals surface area contributed by atoms with Gasteiger partial charge in [0.15, 0.2) is 5.69 Å². The second-order valence-electron chi connectivity index (χ2n) is 3.96. The molecule has 0 aliphatic carbocycles. The van der Waals surface area contributed by atoms with Crippen molar-refractivity contribution < 1.29 is 9.53 Å². The lowest BCUT2D eigenvalue weighted by Crippen LogP contribution is -2.11. The number of nitriles is 1. The van der Waals surface area contributed by atoms with Crippen LogP contribution >= 0.6 is 0 Å². The Morgan fingerprint density at radius 1 is 1.22 bits per heavy atom. The molecule has 0 saturated carbocycles. The molecule has 5 nitrogen and oxygen atoms in total. The largest absolute Gasteiger partial charge is 0.461 e. The number of benzene rings is 1. The summed E-state index contributed by atoms with van der Waals surface area (Å²) < 4.78 is 6.52. The molecule has 1 heterocycles. The van der Waals surface area contributed by atoms with Crippen molar-refractivity contribution in [1.29, 1.82) is 5.26 Å². The lowest BCUT2D eigenvalue weighted by molar-refractivity contribution is 0.0515. The topological polar surface area (TPSA) is 67.9 Å². The standard InChI is InChI=1S/C14H13N3O2.2C2H6/c1-3-19-14(18)13-8-10(2)16-17(13)12-6-4-11(9-15)5-7-12;2*1-2/h4-8H,3H2,1-2H3;2*1-2H3. The summed E-state index contributed by atoms with van der Waals surface area (Å²) in [6, 6.07) is 10.6. The van der Waals surface area contributed by atoms with Gasteiger partial charge in [0, 0.05) is 0 Å². The average Bonchev–Trinajstić information content (AvgIpc) is 3.01. The van der Waals surface area contributed by atoms with Gasteiger partial charge in [-0.15, -0.1) is 0 Å². The molecular formula is C18H25N3O2. The number of rotatable bonds is 3. The number of carbonyl (C=O) groups excluding carboxylic acids is 1. The van der Waals surface area contributed by atoms with Crippen LogP contribution < -0.4 is 0 Å². The molecule has 1 aromatic carbocycles. The number of hydrogen-bond acceptors (Lipinski definition) is 4. The molecule has 0 amide bonds. The van der Waals surface area contributed by atoms with Crippen LogP contribution in [-0.4, -0.2) is 22.4 Å². The molecule has 0 spiro atoms. The Kier molecular flexibility index (Phi) is 9.77. The summed E-state index contributed by atoms with van der Waals surface area (Å²) in [6.45, 7) is 11.9. The van der Waals surface area contributed by atoms with E-state index >= 15 is 0 Å². The van der Waals surface area contributed by atoms with Crippen molar-refractivity contribution in [3.8, 4) is 11.8 Å². The first-order valence-electron chi connectivity index (χ1n) is 7.90. The van der Waals surface area contributed by atoms with Gasteiger partial charge >= 0.3 is 5.97 Å². The van der Waals surface area contributed by atoms with Gasteiger partial charge in [-0.1, -0.05) is 27.7 Å². The van der Waals surface area contributed by atoms with Crippen molar-refractivity contribution in [3.05, 3.63) is 47.3 Å². The van der Waals surface area contributed by atoms with Gasteiger partial charge in [-0.3, -0.25) is 0 Å². The molecule has 0 fully saturated rings. The van der Waals surface area contributed by atoms with E-state index in [0.29, 0.717) is 17.9 Å². The van der Waals surface area contributed by atoms with Crippen LogP contribution in [0.2, 0.25) is 0 Å². The van der Waals surface area contributed by atoms with E-state index in [1.165, 1.54) is 4.68 Å². The molecule has 2 rings (SSSR count). The van der Waals surface area contributed by atoms with Crippen molar-refractivity contribution >= 4 is 5.97 Å². The Morgan fingerprint density at radius 2 is 1.78 bits per heavy atom. The number of aryl methyl sites for hydroxylation is 1. The second kappa shape index (κ2) is 11.0. The maximum Gasteiger partial charge on any atom is 0.357 e. The summed E-state index contributed by atoms with van der Waals surface area (Å²) in [6.07, 6.45) is 0. The first-order chi connectivity index (χ1) is 11.2. The maximum absolute atomic E-state index is 11.8. The smallest absolute Gasteiger partial charge is 0.357 e. The van der Waals surface area contributed by atoms with Gasteiger partial charge in [0.05, 0.1) is 29.6 Å². The predicted octanol–water partition coefficient (Wildman–Crippen LogP) is 4.28. The van der Waals surface area contributed by atoms with Crippen molar-refractivity contribution in [3.63, 3.8) is 0 Å². The van der Waals surface area contributed by atoms with Gasteiger partial charge < -0.3 is 4.74 Å². The summed E-state index contributed by atoms with van der Waals surface area (Å²) in [4.78, 5) is 11.8. The number of ether oxygens (including phenoxy) is 1. The fraction of sp³-hybridized carbons (Fsp3) is 0.389. The number of aromatic nitrogens is 2. The van der Waals surface area contributed by atoms with Crippen molar-refractivity contribution in [1.82, 2.24) is 9.78 Å².